The van der Waals surface area contributed by atoms with E-state index in [1.807, 2.05) is 6.07 Å². The van der Waals surface area contributed by atoms with Crippen molar-refractivity contribution in [1.82, 2.24) is 0 Å². The topological polar surface area (TPSA) is 77.8 Å². The largest absolute Gasteiger partial charge is 0.481 e. The van der Waals surface area contributed by atoms with E-state index in [1.54, 1.807) is 31.3 Å². The van der Waals surface area contributed by atoms with Gasteiger partial charge >= 0.3 is 11.9 Å². The summed E-state index contributed by atoms with van der Waals surface area (Å²) in [4.78, 5) is 22.9. The molecular formula is C11H13NO4. The van der Waals surface area contributed by atoms with Gasteiger partial charge in [0, 0.05) is 12.7 Å². The van der Waals surface area contributed by atoms with Crippen molar-refractivity contribution < 1.29 is 19.8 Å². The summed E-state index contributed by atoms with van der Waals surface area (Å²) in [6.07, 6.45) is -0.430. The molecule has 0 aromatic heterocycles. The van der Waals surface area contributed by atoms with Gasteiger partial charge in [0.1, 0.15) is 6.04 Å². The first-order valence-corrected chi connectivity index (χ1v) is 4.75. The second-order valence-electron chi connectivity index (χ2n) is 3.40. The van der Waals surface area contributed by atoms with Gasteiger partial charge in [-0.25, -0.2) is 4.79 Å². The zero-order valence-electron chi connectivity index (χ0n) is 8.83. The van der Waals surface area contributed by atoms with Crippen molar-refractivity contribution in [2.24, 2.45) is 0 Å². The van der Waals surface area contributed by atoms with Crippen molar-refractivity contribution in [2.75, 3.05) is 11.9 Å². The number of carbonyl (C=O) groups is 2. The van der Waals surface area contributed by atoms with Crippen molar-refractivity contribution in [3.63, 3.8) is 0 Å². The number of hydrogen-bond acceptors (Lipinski definition) is 3. The van der Waals surface area contributed by atoms with E-state index in [0.717, 1.165) is 0 Å². The summed E-state index contributed by atoms with van der Waals surface area (Å²) in [6.45, 7) is 0. The Morgan fingerprint density at radius 3 is 2.25 bits per heavy atom. The number of carboxylic acids is 2. The summed E-state index contributed by atoms with van der Waals surface area (Å²) in [6, 6.07) is 7.76. The maximum atomic E-state index is 10.9. The van der Waals surface area contributed by atoms with Crippen LogP contribution in [0.4, 0.5) is 5.69 Å². The van der Waals surface area contributed by atoms with Crippen LogP contribution in [0.3, 0.4) is 0 Å². The average Bonchev–Trinajstić information content (AvgIpc) is 2.25. The van der Waals surface area contributed by atoms with E-state index >= 15 is 0 Å². The summed E-state index contributed by atoms with van der Waals surface area (Å²) in [7, 11) is 1.57. The molecule has 0 bridgehead atoms. The highest BCUT2D eigenvalue weighted by Crippen LogP contribution is 2.16. The highest BCUT2D eigenvalue weighted by atomic mass is 16.4. The average molecular weight is 223 g/mol. The lowest BCUT2D eigenvalue weighted by Gasteiger charge is -2.25. The normalized spacial score (nSPS) is 11.8. The molecule has 0 radical (unpaired) electrons. The molecule has 0 aliphatic rings. The lowest BCUT2D eigenvalue weighted by atomic mass is 10.1. The van der Waals surface area contributed by atoms with E-state index < -0.39 is 24.4 Å². The Hall–Kier alpha value is -2.04. The van der Waals surface area contributed by atoms with Crippen LogP contribution in [0.1, 0.15) is 6.42 Å². The van der Waals surface area contributed by atoms with Gasteiger partial charge in [-0.05, 0) is 12.1 Å². The van der Waals surface area contributed by atoms with E-state index in [9.17, 15) is 9.59 Å². The monoisotopic (exact) mass is 223 g/mol. The number of likely N-dealkylation sites (N-methyl/N-ethyl adjacent to an activating group) is 1. The predicted molar refractivity (Wildman–Crippen MR) is 58.5 cm³/mol. The Morgan fingerprint density at radius 2 is 1.81 bits per heavy atom. The van der Waals surface area contributed by atoms with Gasteiger partial charge in [0.15, 0.2) is 0 Å². The lowest BCUT2D eigenvalue weighted by molar-refractivity contribution is -0.145. The molecule has 16 heavy (non-hydrogen) atoms. The van der Waals surface area contributed by atoms with Crippen molar-refractivity contribution in [1.29, 1.82) is 0 Å². The van der Waals surface area contributed by atoms with Crippen LogP contribution in [-0.4, -0.2) is 35.2 Å². The fourth-order valence-corrected chi connectivity index (χ4v) is 1.40. The van der Waals surface area contributed by atoms with Crippen molar-refractivity contribution in [3.8, 4) is 0 Å². The van der Waals surface area contributed by atoms with E-state index in [1.165, 1.54) is 4.90 Å². The van der Waals surface area contributed by atoms with Crippen molar-refractivity contribution in [3.05, 3.63) is 30.3 Å². The fourth-order valence-electron chi connectivity index (χ4n) is 1.40. The van der Waals surface area contributed by atoms with Gasteiger partial charge in [0.2, 0.25) is 0 Å². The summed E-state index contributed by atoms with van der Waals surface area (Å²) >= 11 is 0. The van der Waals surface area contributed by atoms with Crippen LogP contribution in [0.25, 0.3) is 0 Å². The molecule has 86 valence electrons. The van der Waals surface area contributed by atoms with E-state index in [-0.39, 0.29) is 0 Å². The highest BCUT2D eigenvalue weighted by molar-refractivity contribution is 5.83. The fraction of sp³-hybridized carbons (Fsp3) is 0.273. The summed E-state index contributed by atoms with van der Waals surface area (Å²) < 4.78 is 0. The second-order valence-corrected chi connectivity index (χ2v) is 3.40. The molecule has 5 nitrogen and oxygen atoms in total. The Morgan fingerprint density at radius 1 is 1.25 bits per heavy atom. The Labute approximate surface area is 92.9 Å². The van der Waals surface area contributed by atoms with E-state index in [0.29, 0.717) is 5.69 Å². The maximum Gasteiger partial charge on any atom is 0.326 e. The zero-order valence-corrected chi connectivity index (χ0v) is 8.83. The molecule has 1 rings (SSSR count). The minimum absolute atomic E-state index is 0.430. The SMILES string of the molecule is CN(c1ccccc1)C(CC(=O)O)C(=O)O. The molecule has 0 aliphatic heterocycles. The van der Waals surface area contributed by atoms with Crippen molar-refractivity contribution >= 4 is 17.6 Å². The Kier molecular flexibility index (Phi) is 3.88. The summed E-state index contributed by atoms with van der Waals surface area (Å²) in [5, 5.41) is 17.6. The van der Waals surface area contributed by atoms with Gasteiger partial charge in [-0.1, -0.05) is 18.2 Å². The first kappa shape index (κ1) is 12.0. The third kappa shape index (κ3) is 2.98. The molecule has 1 unspecified atom stereocenters. The minimum Gasteiger partial charge on any atom is -0.481 e. The van der Waals surface area contributed by atoms with Crippen LogP contribution in [0, 0.1) is 0 Å². The van der Waals surface area contributed by atoms with Gasteiger partial charge in [-0.2, -0.15) is 0 Å². The molecule has 0 amide bonds. The molecular weight excluding hydrogens is 210 g/mol. The van der Waals surface area contributed by atoms with Crippen LogP contribution < -0.4 is 4.90 Å². The molecule has 0 fully saturated rings. The number of aliphatic carboxylic acids is 2. The number of benzene rings is 1. The highest BCUT2D eigenvalue weighted by Gasteiger charge is 2.25. The van der Waals surface area contributed by atoms with E-state index in [4.69, 9.17) is 10.2 Å². The van der Waals surface area contributed by atoms with Crippen LogP contribution in [0.5, 0.6) is 0 Å². The summed E-state index contributed by atoms with van der Waals surface area (Å²) in [5.74, 6) is -2.27. The van der Waals surface area contributed by atoms with Gasteiger partial charge in [0.05, 0.1) is 6.42 Å². The van der Waals surface area contributed by atoms with Gasteiger partial charge in [-0.15, -0.1) is 0 Å². The molecule has 0 aliphatic carbocycles. The number of nitrogens with zero attached hydrogens (tertiary/aromatic N) is 1. The van der Waals surface area contributed by atoms with Gasteiger partial charge in [0.25, 0.3) is 0 Å². The number of carboxylic acid groups (broad SMARTS) is 2. The third-order valence-electron chi connectivity index (χ3n) is 2.28. The molecule has 0 heterocycles. The maximum absolute atomic E-state index is 10.9. The molecule has 0 spiro atoms. The molecule has 0 saturated carbocycles. The Bertz CT molecular complexity index is 377. The standard InChI is InChI=1S/C11H13NO4/c1-12(8-5-3-2-4-6-8)9(11(15)16)7-10(13)14/h2-6,9H,7H2,1H3,(H,13,14)(H,15,16). The summed E-state index contributed by atoms with van der Waals surface area (Å²) in [5.41, 5.74) is 0.677. The third-order valence-corrected chi connectivity index (χ3v) is 2.28. The minimum atomic E-state index is -1.14. The first-order valence-electron chi connectivity index (χ1n) is 4.75. The van der Waals surface area contributed by atoms with Crippen LogP contribution in [0.2, 0.25) is 0 Å². The van der Waals surface area contributed by atoms with Crippen molar-refractivity contribution in [2.45, 2.75) is 12.5 Å². The first-order chi connectivity index (χ1) is 7.52. The molecule has 5 heteroatoms. The van der Waals surface area contributed by atoms with Crippen LogP contribution in [-0.2, 0) is 9.59 Å². The molecule has 1 atom stereocenters. The zero-order chi connectivity index (χ0) is 12.1. The Balaban J connectivity index is 2.87. The number of para-hydroxylation sites is 1. The van der Waals surface area contributed by atoms with Gasteiger partial charge < -0.3 is 15.1 Å². The molecule has 1 aromatic rings. The smallest absolute Gasteiger partial charge is 0.326 e. The van der Waals surface area contributed by atoms with Crippen LogP contribution in [0.15, 0.2) is 30.3 Å². The van der Waals surface area contributed by atoms with Crippen LogP contribution >= 0.6 is 0 Å². The number of rotatable bonds is 5. The second kappa shape index (κ2) is 5.16. The van der Waals surface area contributed by atoms with Gasteiger partial charge in [-0.3, -0.25) is 4.79 Å². The quantitative estimate of drug-likeness (QED) is 0.780. The number of hydrogen-bond donors (Lipinski definition) is 2. The molecule has 2 N–H and O–H groups in total. The lowest BCUT2D eigenvalue weighted by Crippen LogP contribution is -2.40. The van der Waals surface area contributed by atoms with E-state index in [2.05, 4.69) is 0 Å². The molecule has 0 saturated heterocycles. The molecule has 1 aromatic carbocycles. The number of anilines is 1. The predicted octanol–water partition coefficient (Wildman–Crippen LogP) is 1.05.